The van der Waals surface area contributed by atoms with Crippen LogP contribution in [0.3, 0.4) is 0 Å². The van der Waals surface area contributed by atoms with Crippen molar-refractivity contribution in [3.05, 3.63) is 65.0 Å². The van der Waals surface area contributed by atoms with Crippen LogP contribution in [0.4, 0.5) is 16.5 Å². The molecule has 2 aromatic heterocycles. The fourth-order valence-electron chi connectivity index (χ4n) is 4.24. The first-order chi connectivity index (χ1) is 19.2. The zero-order valence-electron chi connectivity index (χ0n) is 22.2. The Morgan fingerprint density at radius 1 is 0.974 bits per heavy atom. The first kappa shape index (κ1) is 28.4. The summed E-state index contributed by atoms with van der Waals surface area (Å²) in [7, 11) is 0. The fraction of sp³-hybridized carbons (Fsp3) is 0.367. The zero-order valence-corrected chi connectivity index (χ0v) is 23.8. The molecule has 9 heteroatoms. The topological polar surface area (TPSA) is 90.9 Å². The molecule has 0 saturated carbocycles. The van der Waals surface area contributed by atoms with Crippen LogP contribution >= 0.6 is 22.7 Å². The number of unbranched alkanes of at least 4 members (excludes halogenated alkanes) is 5. The Hall–Kier alpha value is -3.61. The molecule has 0 aliphatic heterocycles. The van der Waals surface area contributed by atoms with Crippen molar-refractivity contribution in [1.29, 1.82) is 5.26 Å². The van der Waals surface area contributed by atoms with Gasteiger partial charge in [0, 0.05) is 18.8 Å². The lowest BCUT2D eigenvalue weighted by atomic mass is 10.1. The molecule has 2 aromatic carbocycles. The minimum Gasteiger partial charge on any atom is -0.494 e. The minimum atomic E-state index is 0.440. The smallest absolute Gasteiger partial charge is 0.231 e. The Bertz CT molecular complexity index is 1360. The Kier molecular flexibility index (Phi) is 11.0. The number of hydrogen-bond donors (Lipinski definition) is 0. The normalized spacial score (nSPS) is 11.2. The number of hydrogen-bond acceptors (Lipinski definition) is 9. The van der Waals surface area contributed by atoms with Gasteiger partial charge < -0.3 is 9.64 Å². The van der Waals surface area contributed by atoms with Crippen LogP contribution in [0.25, 0.3) is 9.53 Å². The highest BCUT2D eigenvalue weighted by Crippen LogP contribution is 2.34. The summed E-state index contributed by atoms with van der Waals surface area (Å²) < 4.78 is 6.78. The summed E-state index contributed by atoms with van der Waals surface area (Å²) in [6.07, 6.45) is 8.40. The quantitative estimate of drug-likeness (QED) is 0.0776. The van der Waals surface area contributed by atoms with E-state index in [-0.39, 0.29) is 0 Å². The molecule has 2 heterocycles. The van der Waals surface area contributed by atoms with Gasteiger partial charge in [-0.25, -0.2) is 4.98 Å². The molecule has 4 aromatic rings. The first-order valence-corrected chi connectivity index (χ1v) is 15.0. The maximum atomic E-state index is 10.9. The molecule has 0 aliphatic rings. The van der Waals surface area contributed by atoms with Crippen LogP contribution in [0.5, 0.6) is 5.75 Å². The number of thiophene rings is 1. The number of azo groups is 1. The molecular formula is C30H33N5O2S2. The predicted octanol–water partition coefficient (Wildman–Crippen LogP) is 8.90. The van der Waals surface area contributed by atoms with E-state index in [1.54, 1.807) is 0 Å². The Labute approximate surface area is 237 Å². The van der Waals surface area contributed by atoms with Crippen molar-refractivity contribution in [3.63, 3.8) is 0 Å². The third-order valence-electron chi connectivity index (χ3n) is 6.36. The third kappa shape index (κ3) is 8.70. The summed E-state index contributed by atoms with van der Waals surface area (Å²) in [5.41, 5.74) is 3.02. The minimum absolute atomic E-state index is 0.440. The maximum Gasteiger partial charge on any atom is 0.231 e. The van der Waals surface area contributed by atoms with E-state index in [0.717, 1.165) is 58.9 Å². The van der Waals surface area contributed by atoms with Gasteiger partial charge >= 0.3 is 0 Å². The number of rotatable bonds is 16. The number of nitriles is 1. The van der Waals surface area contributed by atoms with Gasteiger partial charge in [-0.1, -0.05) is 49.2 Å². The number of anilines is 1. The Morgan fingerprint density at radius 2 is 1.72 bits per heavy atom. The number of thiazole rings is 1. The van der Waals surface area contributed by atoms with Crippen LogP contribution in [-0.2, 0) is 6.42 Å². The number of benzene rings is 2. The molecule has 0 N–H and O–H groups in total. The molecule has 7 nitrogen and oxygen atoms in total. The molecule has 0 spiro atoms. The number of aromatic nitrogens is 1. The van der Waals surface area contributed by atoms with Crippen molar-refractivity contribution in [2.45, 2.75) is 51.9 Å². The predicted molar refractivity (Wildman–Crippen MR) is 160 cm³/mol. The molecule has 0 bridgehead atoms. The average Bonchev–Trinajstić information content (AvgIpc) is 3.53. The Balaban J connectivity index is 1.10. The zero-order chi connectivity index (χ0) is 27.3. The van der Waals surface area contributed by atoms with Crippen molar-refractivity contribution < 1.29 is 9.53 Å². The van der Waals surface area contributed by atoms with E-state index in [2.05, 4.69) is 45.2 Å². The van der Waals surface area contributed by atoms with Crippen molar-refractivity contribution in [2.75, 3.05) is 24.6 Å². The highest BCUT2D eigenvalue weighted by Gasteiger charge is 2.08. The van der Waals surface area contributed by atoms with Gasteiger partial charge in [-0.15, -0.1) is 21.6 Å². The van der Waals surface area contributed by atoms with Crippen molar-refractivity contribution >= 4 is 55.0 Å². The molecule has 0 radical (unpaired) electrons. The molecule has 0 saturated heterocycles. The van der Waals surface area contributed by atoms with E-state index in [1.165, 1.54) is 60.5 Å². The monoisotopic (exact) mass is 559 g/mol. The van der Waals surface area contributed by atoms with E-state index in [0.29, 0.717) is 16.4 Å². The largest absolute Gasteiger partial charge is 0.494 e. The van der Waals surface area contributed by atoms with Crippen LogP contribution in [0.15, 0.2) is 64.8 Å². The summed E-state index contributed by atoms with van der Waals surface area (Å²) in [4.78, 5) is 19.2. The van der Waals surface area contributed by atoms with Gasteiger partial charge in [0.05, 0.1) is 34.4 Å². The summed E-state index contributed by atoms with van der Waals surface area (Å²) >= 11 is 2.81. The molecule has 4 rings (SSSR count). The summed E-state index contributed by atoms with van der Waals surface area (Å²) in [6, 6.07) is 20.0. The van der Waals surface area contributed by atoms with E-state index in [4.69, 9.17) is 10.00 Å². The lowest BCUT2D eigenvalue weighted by Gasteiger charge is -2.23. The van der Waals surface area contributed by atoms with Gasteiger partial charge in [0.25, 0.3) is 0 Å². The van der Waals surface area contributed by atoms with E-state index in [1.807, 2.05) is 42.5 Å². The number of aldehydes is 1. The van der Waals surface area contributed by atoms with Crippen molar-refractivity contribution in [1.82, 2.24) is 4.98 Å². The lowest BCUT2D eigenvalue weighted by Crippen LogP contribution is -2.23. The third-order valence-corrected chi connectivity index (χ3v) is 8.33. The summed E-state index contributed by atoms with van der Waals surface area (Å²) in [5.74, 6) is 0.877. The summed E-state index contributed by atoms with van der Waals surface area (Å²) in [6.45, 7) is 4.94. The molecule has 202 valence electrons. The second-order valence-electron chi connectivity index (χ2n) is 9.18. The SMILES string of the molecule is CCN(CCCCCCCCOc1ccc(CC#N)cc1)c1ccc(/N=N/c2nc3sc(C=O)cc3s2)cc1. The standard InChI is InChI=1S/C30H33N5O2S2/c1-2-35(19-7-5-3-4-6-8-20-37-26-15-9-23(10-16-26)17-18-31)25-13-11-24(12-14-25)33-34-30-32-29-28(39-30)21-27(22-36)38-29/h9-16,21-22H,2-8,17,19-20H2,1H3/b34-33+. The number of carbonyl (C=O) groups is 1. The molecule has 0 aliphatic carbocycles. The number of carbonyl (C=O) groups excluding carboxylic acids is 1. The lowest BCUT2D eigenvalue weighted by molar-refractivity contribution is 0.112. The number of nitrogens with zero attached hydrogens (tertiary/aromatic N) is 5. The molecule has 0 amide bonds. The van der Waals surface area contributed by atoms with Crippen LogP contribution in [0.1, 0.15) is 60.7 Å². The van der Waals surface area contributed by atoms with Crippen molar-refractivity contribution in [2.24, 2.45) is 10.2 Å². The van der Waals surface area contributed by atoms with Gasteiger partial charge in [-0.3, -0.25) is 4.79 Å². The maximum absolute atomic E-state index is 10.9. The molecule has 0 unspecified atom stereocenters. The second-order valence-corrected chi connectivity index (χ2v) is 11.2. The van der Waals surface area contributed by atoms with E-state index in [9.17, 15) is 4.79 Å². The van der Waals surface area contributed by atoms with Crippen LogP contribution in [0.2, 0.25) is 0 Å². The average molecular weight is 560 g/mol. The highest BCUT2D eigenvalue weighted by atomic mass is 32.1. The number of fused-ring (bicyclic) bond motifs is 1. The molecular weight excluding hydrogens is 526 g/mol. The van der Waals surface area contributed by atoms with Crippen LogP contribution in [0, 0.1) is 11.3 Å². The number of ether oxygens (including phenoxy) is 1. The van der Waals surface area contributed by atoms with Gasteiger partial charge in [-0.2, -0.15) is 5.26 Å². The van der Waals surface area contributed by atoms with E-state index < -0.39 is 0 Å². The van der Waals surface area contributed by atoms with Gasteiger partial charge in [0.15, 0.2) is 6.29 Å². The highest BCUT2D eigenvalue weighted by molar-refractivity contribution is 7.29. The van der Waals surface area contributed by atoms with Gasteiger partial charge in [0.2, 0.25) is 5.13 Å². The van der Waals surface area contributed by atoms with Crippen molar-refractivity contribution in [3.8, 4) is 11.8 Å². The molecule has 0 fully saturated rings. The summed E-state index contributed by atoms with van der Waals surface area (Å²) in [5, 5.41) is 18.0. The second kappa shape index (κ2) is 15.1. The Morgan fingerprint density at radius 3 is 2.41 bits per heavy atom. The van der Waals surface area contributed by atoms with Gasteiger partial charge in [0.1, 0.15) is 10.6 Å². The first-order valence-electron chi connectivity index (χ1n) is 13.4. The fourth-order valence-corrected chi connectivity index (χ4v) is 6.10. The van der Waals surface area contributed by atoms with E-state index >= 15 is 0 Å². The van der Waals surface area contributed by atoms with Crippen LogP contribution in [-0.4, -0.2) is 31.0 Å². The molecule has 39 heavy (non-hydrogen) atoms. The van der Waals surface area contributed by atoms with Gasteiger partial charge in [-0.05, 0) is 67.8 Å². The van der Waals surface area contributed by atoms with Crippen LogP contribution < -0.4 is 9.64 Å². The molecule has 0 atom stereocenters.